The topological polar surface area (TPSA) is 105 Å². The number of rotatable bonds is 7. The molecule has 0 unspecified atom stereocenters. The lowest BCUT2D eigenvalue weighted by molar-refractivity contribution is 0.329. The Morgan fingerprint density at radius 3 is 2.79 bits per heavy atom. The van der Waals surface area contributed by atoms with Gasteiger partial charge < -0.3 is 11.1 Å². The van der Waals surface area contributed by atoms with Gasteiger partial charge in [-0.2, -0.15) is 5.10 Å². The zero-order chi connectivity index (χ0) is 24.5. The van der Waals surface area contributed by atoms with Crippen LogP contribution in [-0.4, -0.2) is 53.1 Å². The molecule has 0 spiro atoms. The van der Waals surface area contributed by atoms with Crippen LogP contribution in [0.5, 0.6) is 0 Å². The normalized spacial score (nSPS) is 16.3. The van der Waals surface area contributed by atoms with Gasteiger partial charge in [0.15, 0.2) is 0 Å². The first-order valence-corrected chi connectivity index (χ1v) is 13.7. The van der Waals surface area contributed by atoms with E-state index in [4.69, 9.17) is 17.3 Å². The smallest absolute Gasteiger partial charge is 0.214 e. The van der Waals surface area contributed by atoms with Crippen LogP contribution in [0, 0.1) is 5.82 Å². The summed E-state index contributed by atoms with van der Waals surface area (Å²) in [5.74, 6) is -0.179. The molecule has 8 nitrogen and oxygen atoms in total. The van der Waals surface area contributed by atoms with Gasteiger partial charge >= 0.3 is 0 Å². The number of nitrogens with zero attached hydrogens (tertiary/aromatic N) is 4. The standard InChI is InChI=1S/C22H25BrClFN6O2S/c1-2-9-34(32,33)30-7-5-16(6-8-30)28-21-17(12-27-31-13-14(23)10-20(21)31)22(26)29-19-11-15(25)3-4-18(19)24/h3-4,10-13,16,28H,2,5-9H2,1H3,(H2,26,29). The van der Waals surface area contributed by atoms with Crippen LogP contribution in [0.3, 0.4) is 0 Å². The third-order valence-electron chi connectivity index (χ3n) is 5.69. The number of sulfonamides is 1. The second-order valence-electron chi connectivity index (χ2n) is 8.15. The molecule has 4 rings (SSSR count). The number of aromatic nitrogens is 2. The Morgan fingerprint density at radius 2 is 2.09 bits per heavy atom. The number of hydrogen-bond acceptors (Lipinski definition) is 5. The van der Waals surface area contributed by atoms with Gasteiger partial charge in [-0.1, -0.05) is 18.5 Å². The average molecular weight is 572 g/mol. The Labute approximate surface area is 211 Å². The number of nitrogens with one attached hydrogen (secondary N) is 1. The summed E-state index contributed by atoms with van der Waals surface area (Å²) in [5, 5.41) is 8.22. The molecule has 0 atom stereocenters. The van der Waals surface area contributed by atoms with Gasteiger partial charge in [-0.25, -0.2) is 26.6 Å². The maximum atomic E-state index is 13.7. The molecular weight excluding hydrogens is 547 g/mol. The first-order valence-electron chi connectivity index (χ1n) is 10.9. The minimum atomic E-state index is -3.22. The van der Waals surface area contributed by atoms with E-state index in [1.54, 1.807) is 15.0 Å². The second kappa shape index (κ2) is 10.2. The molecule has 3 aromatic rings. The van der Waals surface area contributed by atoms with Gasteiger partial charge in [-0.15, -0.1) is 0 Å². The Hall–Kier alpha value is -2.21. The van der Waals surface area contributed by atoms with E-state index >= 15 is 0 Å². The van der Waals surface area contributed by atoms with E-state index in [9.17, 15) is 12.8 Å². The second-order valence-corrected chi connectivity index (χ2v) is 11.6. The minimum absolute atomic E-state index is 0.0252. The third kappa shape index (κ3) is 5.37. The molecule has 1 aliphatic rings. The SMILES string of the molecule is CCCS(=O)(=O)N1CCC(Nc2c(C(N)=Nc3cc(F)ccc3Cl)cnn3cc(Br)cc23)CC1. The van der Waals surface area contributed by atoms with Crippen molar-refractivity contribution in [2.24, 2.45) is 10.7 Å². The Morgan fingerprint density at radius 1 is 1.35 bits per heavy atom. The van der Waals surface area contributed by atoms with Gasteiger partial charge in [0, 0.05) is 35.9 Å². The first kappa shape index (κ1) is 24.9. The van der Waals surface area contributed by atoms with Crippen LogP contribution in [0.25, 0.3) is 5.52 Å². The fraction of sp³-hybridized carbons (Fsp3) is 0.364. The predicted octanol–water partition coefficient (Wildman–Crippen LogP) is 4.54. The van der Waals surface area contributed by atoms with Gasteiger partial charge in [0.25, 0.3) is 0 Å². The van der Waals surface area contributed by atoms with Crippen LogP contribution in [-0.2, 0) is 10.0 Å². The van der Waals surface area contributed by atoms with Gasteiger partial charge in [-0.3, -0.25) is 0 Å². The summed E-state index contributed by atoms with van der Waals surface area (Å²) in [6.45, 7) is 2.76. The van der Waals surface area contributed by atoms with Gasteiger partial charge in [0.05, 0.1) is 39.4 Å². The van der Waals surface area contributed by atoms with Crippen molar-refractivity contribution in [1.29, 1.82) is 0 Å². The van der Waals surface area contributed by atoms with Crippen molar-refractivity contribution in [3.8, 4) is 0 Å². The van der Waals surface area contributed by atoms with Crippen molar-refractivity contribution < 1.29 is 12.8 Å². The van der Waals surface area contributed by atoms with Crippen LogP contribution >= 0.6 is 27.5 Å². The van der Waals surface area contributed by atoms with E-state index in [1.807, 2.05) is 19.2 Å². The summed E-state index contributed by atoms with van der Waals surface area (Å²) in [6.07, 6.45) is 5.29. The number of amidine groups is 1. The fourth-order valence-electron chi connectivity index (χ4n) is 4.00. The van der Waals surface area contributed by atoms with Crippen molar-refractivity contribution >= 4 is 60.3 Å². The molecule has 3 N–H and O–H groups in total. The van der Waals surface area contributed by atoms with Crippen LogP contribution < -0.4 is 11.1 Å². The molecule has 1 aromatic carbocycles. The lowest BCUT2D eigenvalue weighted by Crippen LogP contribution is -2.43. The molecule has 0 aliphatic carbocycles. The zero-order valence-corrected chi connectivity index (χ0v) is 21.7. The molecule has 12 heteroatoms. The van der Waals surface area contributed by atoms with Gasteiger partial charge in [-0.05, 0) is 53.4 Å². The van der Waals surface area contributed by atoms with E-state index in [-0.39, 0.29) is 28.3 Å². The Balaban J connectivity index is 1.65. The summed E-state index contributed by atoms with van der Waals surface area (Å²) in [5.41, 5.74) is 8.59. The predicted molar refractivity (Wildman–Crippen MR) is 137 cm³/mol. The highest BCUT2D eigenvalue weighted by Gasteiger charge is 2.28. The van der Waals surface area contributed by atoms with Crippen molar-refractivity contribution in [1.82, 2.24) is 13.9 Å². The summed E-state index contributed by atoms with van der Waals surface area (Å²) in [7, 11) is -3.22. The number of fused-ring (bicyclic) bond motifs is 1. The summed E-state index contributed by atoms with van der Waals surface area (Å²) >= 11 is 9.65. The monoisotopic (exact) mass is 570 g/mol. The summed E-state index contributed by atoms with van der Waals surface area (Å²) in [4.78, 5) is 4.36. The highest BCUT2D eigenvalue weighted by molar-refractivity contribution is 9.10. The lowest BCUT2D eigenvalue weighted by Gasteiger charge is -2.32. The van der Waals surface area contributed by atoms with Gasteiger partial charge in [0.2, 0.25) is 10.0 Å². The Kier molecular flexibility index (Phi) is 7.46. The molecule has 1 saturated heterocycles. The van der Waals surface area contributed by atoms with Crippen molar-refractivity contribution in [3.63, 3.8) is 0 Å². The molecule has 1 fully saturated rings. The van der Waals surface area contributed by atoms with Crippen LogP contribution in [0.1, 0.15) is 31.7 Å². The third-order valence-corrected chi connectivity index (χ3v) is 8.52. The maximum Gasteiger partial charge on any atom is 0.214 e. The highest BCUT2D eigenvalue weighted by atomic mass is 79.9. The van der Waals surface area contributed by atoms with E-state index in [0.717, 1.165) is 9.99 Å². The average Bonchev–Trinajstić information content (AvgIpc) is 3.17. The molecule has 2 aromatic heterocycles. The Bertz CT molecular complexity index is 1340. The first-order chi connectivity index (χ1) is 16.2. The van der Waals surface area contributed by atoms with Gasteiger partial charge in [0.1, 0.15) is 11.7 Å². The molecule has 0 radical (unpaired) electrons. The van der Waals surface area contributed by atoms with E-state index in [2.05, 4.69) is 31.3 Å². The number of piperidine rings is 1. The van der Waals surface area contributed by atoms with E-state index in [1.165, 1.54) is 18.2 Å². The number of hydrogen-bond donors (Lipinski definition) is 2. The molecular formula is C22H25BrClFN6O2S. The van der Waals surface area contributed by atoms with Crippen LogP contribution in [0.2, 0.25) is 5.02 Å². The largest absolute Gasteiger partial charge is 0.383 e. The number of aliphatic imine (C=N–C) groups is 1. The lowest BCUT2D eigenvalue weighted by atomic mass is 10.1. The van der Waals surface area contributed by atoms with Crippen molar-refractivity contribution in [2.45, 2.75) is 32.2 Å². The van der Waals surface area contributed by atoms with Crippen LogP contribution in [0.15, 0.2) is 46.1 Å². The summed E-state index contributed by atoms with van der Waals surface area (Å²) < 4.78 is 42.7. The molecule has 3 heterocycles. The van der Waals surface area contributed by atoms with Crippen LogP contribution in [0.4, 0.5) is 15.8 Å². The number of anilines is 1. The number of benzene rings is 1. The fourth-order valence-corrected chi connectivity index (χ4v) is 6.11. The quantitative estimate of drug-likeness (QED) is 0.320. The zero-order valence-electron chi connectivity index (χ0n) is 18.5. The number of halogens is 3. The number of nitrogens with two attached hydrogens (primary N) is 1. The highest BCUT2D eigenvalue weighted by Crippen LogP contribution is 2.30. The molecule has 1 aliphatic heterocycles. The van der Waals surface area contributed by atoms with Crippen molar-refractivity contribution in [3.05, 3.63) is 57.5 Å². The molecule has 0 saturated carbocycles. The molecule has 182 valence electrons. The summed E-state index contributed by atoms with van der Waals surface area (Å²) in [6, 6.07) is 5.83. The maximum absolute atomic E-state index is 13.7. The van der Waals surface area contributed by atoms with Crippen molar-refractivity contribution in [2.75, 3.05) is 24.2 Å². The van der Waals surface area contributed by atoms with E-state index in [0.29, 0.717) is 43.6 Å². The molecule has 0 bridgehead atoms. The van der Waals surface area contributed by atoms with E-state index < -0.39 is 15.8 Å². The minimum Gasteiger partial charge on any atom is -0.383 e. The molecule has 34 heavy (non-hydrogen) atoms. The molecule has 0 amide bonds.